The van der Waals surface area contributed by atoms with Crippen molar-refractivity contribution in [2.24, 2.45) is 5.10 Å². The molecule has 0 atom stereocenters. The van der Waals surface area contributed by atoms with E-state index in [-0.39, 0.29) is 41.0 Å². The van der Waals surface area contributed by atoms with Crippen LogP contribution in [0.1, 0.15) is 13.3 Å². The van der Waals surface area contributed by atoms with E-state index in [0.29, 0.717) is 32.4 Å². The summed E-state index contributed by atoms with van der Waals surface area (Å²) in [6.45, 7) is 3.10. The van der Waals surface area contributed by atoms with Gasteiger partial charge < -0.3 is 14.6 Å². The Bertz CT molecular complexity index is 317. The predicted molar refractivity (Wildman–Crippen MR) is 55.4 cm³/mol. The average molecular weight is 250 g/mol. The molecule has 1 aliphatic rings. The predicted octanol–water partition coefficient (Wildman–Crippen LogP) is -3.54. The Morgan fingerprint density at radius 2 is 2.24 bits per heavy atom. The largest absolute Gasteiger partial charge is 1.00 e. The van der Waals surface area contributed by atoms with Crippen LogP contribution in [0.3, 0.4) is 0 Å². The smallest absolute Gasteiger partial charge is 0.877 e. The Hall–Kier alpha value is -0.560. The summed E-state index contributed by atoms with van der Waals surface area (Å²) >= 11 is 0. The van der Waals surface area contributed by atoms with Crippen LogP contribution in [0.15, 0.2) is 16.9 Å². The minimum Gasteiger partial charge on any atom is -0.877 e. The van der Waals surface area contributed by atoms with Crippen molar-refractivity contribution < 1.29 is 48.9 Å². The molecule has 6 nitrogen and oxygen atoms in total. The van der Waals surface area contributed by atoms with Crippen LogP contribution in [0.4, 0.5) is 0 Å². The fourth-order valence-corrected chi connectivity index (χ4v) is 1.29. The van der Waals surface area contributed by atoms with E-state index in [1.807, 2.05) is 0 Å². The third-order valence-electron chi connectivity index (χ3n) is 2.02. The summed E-state index contributed by atoms with van der Waals surface area (Å²) in [7, 11) is 1.59. The number of hydrazone groups is 1. The van der Waals surface area contributed by atoms with Crippen molar-refractivity contribution in [3.63, 3.8) is 0 Å². The van der Waals surface area contributed by atoms with Crippen LogP contribution in [-0.2, 0) is 14.3 Å². The first-order valence-electron chi connectivity index (χ1n) is 5.09. The van der Waals surface area contributed by atoms with Crippen molar-refractivity contribution in [3.05, 3.63) is 11.8 Å². The summed E-state index contributed by atoms with van der Waals surface area (Å²) in [5.41, 5.74) is -0.0146. The van der Waals surface area contributed by atoms with E-state index >= 15 is 0 Å². The molecule has 0 saturated heterocycles. The van der Waals surface area contributed by atoms with Gasteiger partial charge >= 0.3 is 29.6 Å². The molecule has 17 heavy (non-hydrogen) atoms. The monoisotopic (exact) mass is 250 g/mol. The van der Waals surface area contributed by atoms with Gasteiger partial charge in [0, 0.05) is 20.3 Å². The molecule has 0 aromatic rings. The fraction of sp³-hybridized carbons (Fsp3) is 0.600. The van der Waals surface area contributed by atoms with Crippen molar-refractivity contribution in [1.82, 2.24) is 5.01 Å². The maximum atomic E-state index is 11.6. The second-order valence-corrected chi connectivity index (χ2v) is 3.14. The van der Waals surface area contributed by atoms with Crippen molar-refractivity contribution in [1.29, 1.82) is 0 Å². The summed E-state index contributed by atoms with van der Waals surface area (Å²) in [6, 6.07) is 0. The van der Waals surface area contributed by atoms with Crippen molar-refractivity contribution >= 4 is 11.8 Å². The van der Waals surface area contributed by atoms with E-state index in [1.165, 1.54) is 5.01 Å². The van der Waals surface area contributed by atoms with Crippen molar-refractivity contribution in [3.8, 4) is 0 Å². The molecule has 0 aliphatic carbocycles. The molecule has 0 N–H and O–H groups in total. The number of nitrogens with zero attached hydrogens (tertiary/aromatic N) is 2. The molecule has 1 rings (SSSR count). The van der Waals surface area contributed by atoms with Gasteiger partial charge in [-0.15, -0.1) is 11.4 Å². The van der Waals surface area contributed by atoms with Gasteiger partial charge in [0.2, 0.25) is 5.90 Å². The van der Waals surface area contributed by atoms with Gasteiger partial charge in [-0.3, -0.25) is 4.79 Å². The number of methoxy groups -OCH3 is 1. The fourth-order valence-electron chi connectivity index (χ4n) is 1.29. The summed E-state index contributed by atoms with van der Waals surface area (Å²) in [5, 5.41) is 15.9. The summed E-state index contributed by atoms with van der Waals surface area (Å²) in [4.78, 5) is 11.6. The molecule has 0 radical (unpaired) electrons. The normalized spacial score (nSPS) is 17.1. The van der Waals surface area contributed by atoms with E-state index in [4.69, 9.17) is 9.47 Å². The number of ether oxygens (including phenoxy) is 2. The Morgan fingerprint density at radius 3 is 2.76 bits per heavy atom. The van der Waals surface area contributed by atoms with Crippen LogP contribution < -0.4 is 34.7 Å². The summed E-state index contributed by atoms with van der Waals surface area (Å²) < 4.78 is 9.97. The number of carbonyl (C=O) groups excluding carboxylic acids is 1. The number of hydrogen-bond acceptors (Lipinski definition) is 5. The molecule has 0 fully saturated rings. The van der Waals surface area contributed by atoms with Crippen LogP contribution >= 0.6 is 0 Å². The number of hydrogen-bond donors (Lipinski definition) is 0. The molecule has 90 valence electrons. The van der Waals surface area contributed by atoms with Crippen LogP contribution in [-0.4, -0.2) is 43.7 Å². The molecule has 1 aliphatic heterocycles. The first-order chi connectivity index (χ1) is 7.74. The van der Waals surface area contributed by atoms with Crippen LogP contribution in [0.2, 0.25) is 0 Å². The molecular weight excluding hydrogens is 235 g/mol. The second-order valence-electron chi connectivity index (χ2n) is 3.14. The average Bonchev–Trinajstić information content (AvgIpc) is 2.56. The maximum Gasteiger partial charge on any atom is 1.00 e. The van der Waals surface area contributed by atoms with Crippen LogP contribution in [0.5, 0.6) is 0 Å². The zero-order valence-electron chi connectivity index (χ0n) is 10.4. The molecule has 0 bridgehead atoms. The number of carbonyl (C=O) groups is 1. The van der Waals surface area contributed by atoms with E-state index < -0.39 is 5.91 Å². The van der Waals surface area contributed by atoms with E-state index in [0.717, 1.165) is 0 Å². The summed E-state index contributed by atoms with van der Waals surface area (Å²) in [6.07, 6.45) is 1.14. The van der Waals surface area contributed by atoms with Crippen LogP contribution in [0, 0.1) is 0 Å². The van der Waals surface area contributed by atoms with Gasteiger partial charge in [-0.05, 0) is 13.3 Å². The molecule has 0 aromatic carbocycles. The van der Waals surface area contributed by atoms with Gasteiger partial charge in [-0.1, -0.05) is 0 Å². The third kappa shape index (κ3) is 4.31. The molecular formula is C10H15N2NaO4. The number of rotatable bonds is 5. The van der Waals surface area contributed by atoms with E-state index in [9.17, 15) is 9.90 Å². The second kappa shape index (κ2) is 8.52. The zero-order valence-corrected chi connectivity index (χ0v) is 12.4. The van der Waals surface area contributed by atoms with Gasteiger partial charge in [0.15, 0.2) is 0 Å². The third-order valence-corrected chi connectivity index (χ3v) is 2.02. The molecule has 0 aromatic heterocycles. The van der Waals surface area contributed by atoms with Crippen molar-refractivity contribution in [2.75, 3.05) is 26.9 Å². The Labute approximate surface area is 123 Å². The molecule has 0 unspecified atom stereocenters. The molecule has 1 heterocycles. The minimum absolute atomic E-state index is 0. The molecule has 0 spiro atoms. The van der Waals surface area contributed by atoms with Gasteiger partial charge in [-0.2, -0.15) is 0 Å². The summed E-state index contributed by atoms with van der Waals surface area (Å²) in [5.74, 6) is -0.297. The Balaban J connectivity index is 0.00000256. The first kappa shape index (κ1) is 16.4. The standard InChI is InChI=1S/C10H16N2O4.Na/c1-3-16-9-8(7-13)10(14)12(11-9)5-4-6-15-2;/h7,13H,3-6H2,1-2H3;/q;+1/p-1/b8-7+;. The van der Waals surface area contributed by atoms with Crippen molar-refractivity contribution in [2.45, 2.75) is 13.3 Å². The molecule has 0 saturated carbocycles. The quantitative estimate of drug-likeness (QED) is 0.219. The van der Waals surface area contributed by atoms with E-state index in [2.05, 4.69) is 5.10 Å². The van der Waals surface area contributed by atoms with Gasteiger partial charge in [-0.25, -0.2) is 5.01 Å². The van der Waals surface area contributed by atoms with Gasteiger partial charge in [0.1, 0.15) is 0 Å². The van der Waals surface area contributed by atoms with Crippen LogP contribution in [0.25, 0.3) is 0 Å². The van der Waals surface area contributed by atoms with Gasteiger partial charge in [0.05, 0.1) is 12.2 Å². The molecule has 1 amide bonds. The topological polar surface area (TPSA) is 74.2 Å². The molecule has 7 heteroatoms. The number of amides is 1. The maximum absolute atomic E-state index is 11.6. The minimum atomic E-state index is -0.408. The Kier molecular flexibility index (Phi) is 8.24. The zero-order chi connectivity index (χ0) is 12.0. The van der Waals surface area contributed by atoms with Gasteiger partial charge in [0.25, 0.3) is 5.91 Å². The first-order valence-corrected chi connectivity index (χ1v) is 5.09. The Morgan fingerprint density at radius 1 is 1.53 bits per heavy atom. The van der Waals surface area contributed by atoms with E-state index in [1.54, 1.807) is 14.0 Å². The SMILES string of the molecule is CCOC1=NN(CCCOC)C(=O)/C1=C/[O-].[Na+].